The van der Waals surface area contributed by atoms with Crippen molar-refractivity contribution in [2.24, 2.45) is 0 Å². The zero-order chi connectivity index (χ0) is 15.9. The molecule has 1 aromatic carbocycles. The molecule has 0 atom stereocenters. The number of esters is 1. The number of methoxy groups -OCH3 is 1. The van der Waals surface area contributed by atoms with Crippen LogP contribution in [0.3, 0.4) is 0 Å². The van der Waals surface area contributed by atoms with Crippen molar-refractivity contribution in [3.8, 4) is 17.0 Å². The van der Waals surface area contributed by atoms with E-state index in [-0.39, 0.29) is 23.5 Å². The van der Waals surface area contributed by atoms with Gasteiger partial charge in [0.1, 0.15) is 12.4 Å². The minimum Gasteiger partial charge on any atom is -0.490 e. The molecule has 0 saturated carbocycles. The molecule has 3 rings (SSSR count). The molecular formula is C14H11F3N2O3. The third-order valence-corrected chi connectivity index (χ3v) is 3.38. The molecule has 0 unspecified atom stereocenters. The molecule has 2 heterocycles. The van der Waals surface area contributed by atoms with E-state index in [2.05, 4.69) is 9.72 Å². The Morgan fingerprint density at radius 3 is 2.86 bits per heavy atom. The van der Waals surface area contributed by atoms with Crippen LogP contribution in [0.5, 0.6) is 5.75 Å². The van der Waals surface area contributed by atoms with E-state index in [1.807, 2.05) is 0 Å². The zero-order valence-electron chi connectivity index (χ0n) is 11.5. The highest BCUT2D eigenvalue weighted by Crippen LogP contribution is 2.44. The standard InChI is InChI=1S/C14H11F3N2O3/c1-21-13(20)8-4-9-11-6-18-7-19(11)2-3-22-12(9)10(5-8)14(15,16)17/h4-7H,2-3H2,1H3. The number of alkyl halides is 3. The Morgan fingerprint density at radius 1 is 1.41 bits per heavy atom. The summed E-state index contributed by atoms with van der Waals surface area (Å²) in [6, 6.07) is 2.08. The van der Waals surface area contributed by atoms with Gasteiger partial charge in [-0.1, -0.05) is 0 Å². The van der Waals surface area contributed by atoms with Gasteiger partial charge in [-0.05, 0) is 12.1 Å². The predicted molar refractivity (Wildman–Crippen MR) is 69.5 cm³/mol. The highest BCUT2D eigenvalue weighted by molar-refractivity contribution is 5.92. The number of fused-ring (bicyclic) bond motifs is 3. The first kappa shape index (κ1) is 14.4. The lowest BCUT2D eigenvalue weighted by atomic mass is 10.0. The molecule has 5 nitrogen and oxygen atoms in total. The molecule has 1 aliphatic heterocycles. The number of nitrogens with zero attached hydrogens (tertiary/aromatic N) is 2. The van der Waals surface area contributed by atoms with Crippen molar-refractivity contribution < 1.29 is 27.4 Å². The Bertz CT molecular complexity index is 737. The summed E-state index contributed by atoms with van der Waals surface area (Å²) in [6.07, 6.45) is -1.70. The van der Waals surface area contributed by atoms with Gasteiger partial charge in [0.15, 0.2) is 0 Å². The van der Waals surface area contributed by atoms with E-state index in [4.69, 9.17) is 4.74 Å². The molecule has 2 aromatic rings. The molecule has 0 fully saturated rings. The Kier molecular flexibility index (Phi) is 3.31. The van der Waals surface area contributed by atoms with Crippen molar-refractivity contribution in [2.75, 3.05) is 13.7 Å². The fourth-order valence-electron chi connectivity index (χ4n) is 2.39. The van der Waals surface area contributed by atoms with Gasteiger partial charge in [0.05, 0.1) is 43.0 Å². The summed E-state index contributed by atoms with van der Waals surface area (Å²) in [7, 11) is 1.11. The van der Waals surface area contributed by atoms with E-state index in [9.17, 15) is 18.0 Å². The Morgan fingerprint density at radius 2 is 2.18 bits per heavy atom. The Hall–Kier alpha value is -2.51. The number of hydrogen-bond acceptors (Lipinski definition) is 4. The molecule has 0 spiro atoms. The number of hydrogen-bond donors (Lipinski definition) is 0. The Balaban J connectivity index is 2.31. The van der Waals surface area contributed by atoms with Gasteiger partial charge in [0, 0.05) is 5.56 Å². The van der Waals surface area contributed by atoms with E-state index in [0.717, 1.165) is 13.2 Å². The van der Waals surface area contributed by atoms with Gasteiger partial charge in [-0.15, -0.1) is 0 Å². The van der Waals surface area contributed by atoms with Crippen LogP contribution < -0.4 is 4.74 Å². The van der Waals surface area contributed by atoms with Crippen molar-refractivity contribution in [2.45, 2.75) is 12.7 Å². The van der Waals surface area contributed by atoms with Gasteiger partial charge in [0.25, 0.3) is 0 Å². The van der Waals surface area contributed by atoms with Crippen molar-refractivity contribution >= 4 is 5.97 Å². The number of halogens is 3. The maximum Gasteiger partial charge on any atom is 0.420 e. The van der Waals surface area contributed by atoms with E-state index in [1.165, 1.54) is 18.6 Å². The van der Waals surface area contributed by atoms with Crippen LogP contribution in [0.2, 0.25) is 0 Å². The first-order chi connectivity index (χ1) is 10.4. The summed E-state index contributed by atoms with van der Waals surface area (Å²) >= 11 is 0. The first-order valence-corrected chi connectivity index (χ1v) is 6.38. The second kappa shape index (κ2) is 5.04. The van der Waals surface area contributed by atoms with Crippen LogP contribution in [0.15, 0.2) is 24.7 Å². The van der Waals surface area contributed by atoms with E-state index >= 15 is 0 Å². The largest absolute Gasteiger partial charge is 0.490 e. The quantitative estimate of drug-likeness (QED) is 0.760. The highest BCUT2D eigenvalue weighted by atomic mass is 19.4. The van der Waals surface area contributed by atoms with Gasteiger partial charge in [-0.25, -0.2) is 9.78 Å². The second-order valence-electron chi connectivity index (χ2n) is 4.71. The lowest BCUT2D eigenvalue weighted by Gasteiger charge is -2.16. The number of benzene rings is 1. The van der Waals surface area contributed by atoms with Crippen LogP contribution in [0, 0.1) is 0 Å². The molecule has 0 radical (unpaired) electrons. The first-order valence-electron chi connectivity index (χ1n) is 6.38. The van der Waals surface area contributed by atoms with Crippen molar-refractivity contribution in [1.82, 2.24) is 9.55 Å². The molecule has 0 aliphatic carbocycles. The zero-order valence-corrected chi connectivity index (χ0v) is 11.5. The van der Waals surface area contributed by atoms with Crippen molar-refractivity contribution in [1.29, 1.82) is 0 Å². The molecule has 8 heteroatoms. The summed E-state index contributed by atoms with van der Waals surface area (Å²) in [6.45, 7) is 0.450. The topological polar surface area (TPSA) is 53.4 Å². The minimum atomic E-state index is -4.65. The smallest absolute Gasteiger partial charge is 0.420 e. The second-order valence-corrected chi connectivity index (χ2v) is 4.71. The van der Waals surface area contributed by atoms with E-state index < -0.39 is 17.7 Å². The maximum atomic E-state index is 13.3. The summed E-state index contributed by atoms with van der Waals surface area (Å²) in [5.74, 6) is -1.14. The summed E-state index contributed by atoms with van der Waals surface area (Å²) in [5.41, 5.74) is -0.555. The fourth-order valence-corrected chi connectivity index (χ4v) is 2.39. The molecule has 0 amide bonds. The number of carbonyl (C=O) groups excluding carboxylic acids is 1. The average molecular weight is 312 g/mol. The monoisotopic (exact) mass is 312 g/mol. The van der Waals surface area contributed by atoms with E-state index in [0.29, 0.717) is 12.2 Å². The molecule has 1 aromatic heterocycles. The van der Waals surface area contributed by atoms with Gasteiger partial charge < -0.3 is 14.0 Å². The third kappa shape index (κ3) is 2.30. The van der Waals surface area contributed by atoms with Gasteiger partial charge in [0.2, 0.25) is 0 Å². The van der Waals surface area contributed by atoms with Crippen molar-refractivity contribution in [3.63, 3.8) is 0 Å². The van der Waals surface area contributed by atoms with Crippen LogP contribution in [-0.4, -0.2) is 29.2 Å². The van der Waals surface area contributed by atoms with Crippen LogP contribution in [0.25, 0.3) is 11.3 Å². The number of imidazole rings is 1. The molecule has 22 heavy (non-hydrogen) atoms. The molecule has 0 saturated heterocycles. The summed E-state index contributed by atoms with van der Waals surface area (Å²) < 4.78 is 51.4. The van der Waals surface area contributed by atoms with Crippen LogP contribution in [0.1, 0.15) is 15.9 Å². The van der Waals surface area contributed by atoms with Gasteiger partial charge in [-0.2, -0.15) is 13.2 Å². The number of ether oxygens (including phenoxy) is 2. The number of carbonyl (C=O) groups is 1. The SMILES string of the molecule is COC(=O)c1cc2c(c(C(F)(F)F)c1)OCCn1cncc1-2. The van der Waals surface area contributed by atoms with Gasteiger partial charge in [-0.3, -0.25) is 0 Å². The van der Waals surface area contributed by atoms with Crippen molar-refractivity contribution in [3.05, 3.63) is 35.8 Å². The summed E-state index contributed by atoms with van der Waals surface area (Å²) in [5, 5.41) is 0. The molecular weight excluding hydrogens is 301 g/mol. The molecule has 1 aliphatic rings. The molecule has 0 bridgehead atoms. The van der Waals surface area contributed by atoms with Crippen LogP contribution >= 0.6 is 0 Å². The molecule has 0 N–H and O–H groups in total. The predicted octanol–water partition coefficient (Wildman–Crippen LogP) is 2.75. The highest BCUT2D eigenvalue weighted by Gasteiger charge is 2.38. The lowest BCUT2D eigenvalue weighted by molar-refractivity contribution is -0.138. The van der Waals surface area contributed by atoms with Crippen LogP contribution in [0.4, 0.5) is 13.2 Å². The fraction of sp³-hybridized carbons (Fsp3) is 0.286. The number of aromatic nitrogens is 2. The normalized spacial score (nSPS) is 13.6. The third-order valence-electron chi connectivity index (χ3n) is 3.38. The maximum absolute atomic E-state index is 13.3. The van der Waals surface area contributed by atoms with E-state index in [1.54, 1.807) is 4.57 Å². The number of rotatable bonds is 1. The lowest BCUT2D eigenvalue weighted by Crippen LogP contribution is -2.12. The average Bonchev–Trinajstić information content (AvgIpc) is 2.86. The summed E-state index contributed by atoms with van der Waals surface area (Å²) in [4.78, 5) is 15.6. The van der Waals surface area contributed by atoms with Gasteiger partial charge >= 0.3 is 12.1 Å². The Labute approximate surface area is 123 Å². The minimum absolute atomic E-state index is 0.0804. The van der Waals surface area contributed by atoms with Crippen LogP contribution in [-0.2, 0) is 17.5 Å². The molecule has 116 valence electrons.